The van der Waals surface area contributed by atoms with Crippen LogP contribution in [0.1, 0.15) is 18.1 Å². The fourth-order valence-electron chi connectivity index (χ4n) is 2.45. The minimum Gasteiger partial charge on any atom is -0.384 e. The summed E-state index contributed by atoms with van der Waals surface area (Å²) in [5.74, 6) is 1.52. The molecule has 1 aromatic rings. The number of aryl methyl sites for hydroxylation is 1. The molecule has 1 atom stereocenters. The Labute approximate surface area is 130 Å². The first-order chi connectivity index (χ1) is 9.86. The number of nitrogens with zero attached hydrogens (tertiary/aromatic N) is 1. The van der Waals surface area contributed by atoms with E-state index in [1.165, 1.54) is 0 Å². The van der Waals surface area contributed by atoms with Crippen molar-refractivity contribution in [2.45, 2.75) is 19.2 Å². The van der Waals surface area contributed by atoms with Crippen LogP contribution in [-0.2, 0) is 9.84 Å². The van der Waals surface area contributed by atoms with Gasteiger partial charge in [0.2, 0.25) is 0 Å². The van der Waals surface area contributed by atoms with E-state index >= 15 is 0 Å². The molecule has 0 amide bonds. The molecule has 1 heterocycles. The highest BCUT2D eigenvalue weighted by Crippen LogP contribution is 2.30. The Morgan fingerprint density at radius 2 is 2.24 bits per heavy atom. The van der Waals surface area contributed by atoms with Crippen LogP contribution >= 0.6 is 11.8 Å². The van der Waals surface area contributed by atoms with Crippen LogP contribution in [0.15, 0.2) is 18.2 Å². The summed E-state index contributed by atoms with van der Waals surface area (Å²) in [7, 11) is -3.18. The van der Waals surface area contributed by atoms with Gasteiger partial charge in [-0.2, -0.15) is 11.8 Å². The van der Waals surface area contributed by atoms with E-state index in [-0.39, 0.29) is 11.6 Å². The molecule has 1 saturated heterocycles. The molecule has 1 fully saturated rings. The van der Waals surface area contributed by atoms with Crippen LogP contribution in [-0.4, -0.2) is 43.4 Å². The summed E-state index contributed by atoms with van der Waals surface area (Å²) < 4.78 is 24.7. The van der Waals surface area contributed by atoms with Crippen molar-refractivity contribution in [1.82, 2.24) is 0 Å². The van der Waals surface area contributed by atoms with Gasteiger partial charge in [0.25, 0.3) is 0 Å². The van der Waals surface area contributed by atoms with Gasteiger partial charge in [-0.3, -0.25) is 5.41 Å². The molecule has 0 saturated carbocycles. The number of sulfone groups is 1. The summed E-state index contributed by atoms with van der Waals surface area (Å²) in [5, 5.41) is 7.19. The highest BCUT2D eigenvalue weighted by atomic mass is 32.2. The lowest BCUT2D eigenvalue weighted by molar-refractivity contribution is 0.579. The zero-order valence-corrected chi connectivity index (χ0v) is 13.9. The SMILES string of the molecule is CCS(=O)(=O)C1CSCCN1c1cc(C)ccc1C(=N)N. The average molecular weight is 327 g/mol. The van der Waals surface area contributed by atoms with Crippen LogP contribution < -0.4 is 10.6 Å². The maximum atomic E-state index is 12.4. The number of nitrogen functional groups attached to an aromatic ring is 1. The zero-order valence-electron chi connectivity index (χ0n) is 12.3. The lowest BCUT2D eigenvalue weighted by atomic mass is 10.1. The summed E-state index contributed by atoms with van der Waals surface area (Å²) >= 11 is 1.66. The van der Waals surface area contributed by atoms with Gasteiger partial charge in [-0.1, -0.05) is 13.0 Å². The first-order valence-electron chi connectivity index (χ1n) is 6.88. The predicted molar refractivity (Wildman–Crippen MR) is 90.1 cm³/mol. The molecule has 0 bridgehead atoms. The van der Waals surface area contributed by atoms with Crippen molar-refractivity contribution in [1.29, 1.82) is 5.41 Å². The van der Waals surface area contributed by atoms with E-state index in [0.29, 0.717) is 17.9 Å². The summed E-state index contributed by atoms with van der Waals surface area (Å²) in [5.41, 5.74) is 8.04. The van der Waals surface area contributed by atoms with Crippen molar-refractivity contribution in [2.75, 3.05) is 28.7 Å². The molecule has 1 aliphatic heterocycles. The fraction of sp³-hybridized carbons (Fsp3) is 0.500. The molecule has 1 aliphatic rings. The van der Waals surface area contributed by atoms with Gasteiger partial charge in [0, 0.05) is 35.1 Å². The molecule has 7 heteroatoms. The molecule has 2 rings (SSSR count). The minimum absolute atomic E-state index is 0.0316. The largest absolute Gasteiger partial charge is 0.384 e. The Morgan fingerprint density at radius 1 is 1.52 bits per heavy atom. The summed E-state index contributed by atoms with van der Waals surface area (Å²) in [4.78, 5) is 1.90. The third kappa shape index (κ3) is 3.35. The molecule has 0 aromatic heterocycles. The molecule has 5 nitrogen and oxygen atoms in total. The van der Waals surface area contributed by atoms with Crippen LogP contribution in [0.5, 0.6) is 0 Å². The third-order valence-electron chi connectivity index (χ3n) is 3.65. The number of nitrogens with two attached hydrogens (primary N) is 1. The zero-order chi connectivity index (χ0) is 15.6. The molecule has 1 unspecified atom stereocenters. The number of thioether (sulfide) groups is 1. The predicted octanol–water partition coefficient (Wildman–Crippen LogP) is 1.59. The van der Waals surface area contributed by atoms with Crippen LogP contribution in [0.4, 0.5) is 5.69 Å². The van der Waals surface area contributed by atoms with E-state index in [1.54, 1.807) is 24.8 Å². The minimum atomic E-state index is -3.18. The van der Waals surface area contributed by atoms with E-state index in [2.05, 4.69) is 0 Å². The standard InChI is InChI=1S/C14H21N3O2S2/c1-3-21(18,19)13-9-20-7-6-17(13)12-8-10(2)4-5-11(12)14(15)16/h4-5,8,13H,3,6-7,9H2,1-2H3,(H3,15,16). The van der Waals surface area contributed by atoms with E-state index < -0.39 is 15.2 Å². The summed E-state index contributed by atoms with van der Waals surface area (Å²) in [6, 6.07) is 5.61. The van der Waals surface area contributed by atoms with Crippen LogP contribution in [0, 0.1) is 12.3 Å². The van der Waals surface area contributed by atoms with Crippen molar-refractivity contribution in [3.8, 4) is 0 Å². The Hall–Kier alpha value is -1.21. The number of amidine groups is 1. The van der Waals surface area contributed by atoms with Crippen molar-refractivity contribution in [3.05, 3.63) is 29.3 Å². The Bertz CT molecular complexity index is 644. The Kier molecular flexibility index (Phi) is 4.83. The maximum Gasteiger partial charge on any atom is 0.171 e. The molecular weight excluding hydrogens is 306 g/mol. The molecule has 0 spiro atoms. The summed E-state index contributed by atoms with van der Waals surface area (Å²) in [6.07, 6.45) is 0. The molecule has 0 radical (unpaired) electrons. The van der Waals surface area contributed by atoms with Gasteiger partial charge in [-0.25, -0.2) is 8.42 Å². The van der Waals surface area contributed by atoms with E-state index in [1.807, 2.05) is 24.0 Å². The number of anilines is 1. The highest BCUT2D eigenvalue weighted by molar-refractivity contribution is 8.01. The summed E-state index contributed by atoms with van der Waals surface area (Å²) in [6.45, 7) is 4.28. The highest BCUT2D eigenvalue weighted by Gasteiger charge is 2.34. The smallest absolute Gasteiger partial charge is 0.171 e. The van der Waals surface area contributed by atoms with Gasteiger partial charge < -0.3 is 10.6 Å². The molecular formula is C14H21N3O2S2. The van der Waals surface area contributed by atoms with Crippen molar-refractivity contribution >= 4 is 33.1 Å². The lowest BCUT2D eigenvalue weighted by Gasteiger charge is -2.37. The third-order valence-corrected chi connectivity index (χ3v) is 6.94. The number of hydrogen-bond donors (Lipinski definition) is 2. The van der Waals surface area contributed by atoms with E-state index in [9.17, 15) is 8.42 Å². The van der Waals surface area contributed by atoms with Gasteiger partial charge in [0.1, 0.15) is 11.2 Å². The second-order valence-corrected chi connectivity index (χ2v) is 8.71. The van der Waals surface area contributed by atoms with Crippen molar-refractivity contribution in [3.63, 3.8) is 0 Å². The van der Waals surface area contributed by atoms with Crippen LogP contribution in [0.3, 0.4) is 0 Å². The van der Waals surface area contributed by atoms with Gasteiger partial charge in [0.05, 0.1) is 0 Å². The van der Waals surface area contributed by atoms with Crippen molar-refractivity contribution in [2.24, 2.45) is 5.73 Å². The number of benzene rings is 1. The number of rotatable bonds is 4. The lowest BCUT2D eigenvalue weighted by Crippen LogP contribution is -2.48. The van der Waals surface area contributed by atoms with E-state index in [0.717, 1.165) is 17.0 Å². The number of nitrogens with one attached hydrogen (secondary N) is 1. The first kappa shape index (κ1) is 16.2. The molecule has 3 N–H and O–H groups in total. The Balaban J connectivity index is 2.52. The second-order valence-electron chi connectivity index (χ2n) is 5.11. The van der Waals surface area contributed by atoms with Crippen LogP contribution in [0.2, 0.25) is 0 Å². The molecule has 116 valence electrons. The molecule has 0 aliphatic carbocycles. The van der Waals surface area contributed by atoms with E-state index in [4.69, 9.17) is 11.1 Å². The van der Waals surface area contributed by atoms with Gasteiger partial charge >= 0.3 is 0 Å². The number of hydrogen-bond acceptors (Lipinski definition) is 5. The van der Waals surface area contributed by atoms with Gasteiger partial charge in [-0.15, -0.1) is 0 Å². The monoisotopic (exact) mass is 327 g/mol. The average Bonchev–Trinajstić information content (AvgIpc) is 2.46. The topological polar surface area (TPSA) is 87.2 Å². The van der Waals surface area contributed by atoms with Gasteiger partial charge in [-0.05, 0) is 24.6 Å². The second kappa shape index (κ2) is 6.27. The Morgan fingerprint density at radius 3 is 2.86 bits per heavy atom. The molecule has 21 heavy (non-hydrogen) atoms. The molecule has 1 aromatic carbocycles. The normalized spacial score (nSPS) is 19.5. The van der Waals surface area contributed by atoms with Crippen LogP contribution in [0.25, 0.3) is 0 Å². The fourth-order valence-corrected chi connectivity index (χ4v) is 5.44. The maximum absolute atomic E-state index is 12.4. The first-order valence-corrected chi connectivity index (χ1v) is 9.75. The quantitative estimate of drug-likeness (QED) is 0.648. The van der Waals surface area contributed by atoms with Crippen molar-refractivity contribution < 1.29 is 8.42 Å². The van der Waals surface area contributed by atoms with Gasteiger partial charge in [0.15, 0.2) is 9.84 Å².